The van der Waals surface area contributed by atoms with Gasteiger partial charge in [0.15, 0.2) is 0 Å². The van der Waals surface area contributed by atoms with Crippen molar-refractivity contribution < 1.29 is 28.6 Å². The highest BCUT2D eigenvalue weighted by molar-refractivity contribution is 5.74. The number of hydrogen-bond donors (Lipinski definition) is 1. The number of nitrogens with zero attached hydrogens (tertiary/aromatic N) is 1. The summed E-state index contributed by atoms with van der Waals surface area (Å²) in [6.45, 7) is 5.14. The van der Waals surface area contributed by atoms with Crippen LogP contribution < -0.4 is 5.73 Å². The lowest BCUT2D eigenvalue weighted by Crippen LogP contribution is -2.36. The number of carbonyl (C=O) groups excluding carboxylic acids is 3. The third-order valence-corrected chi connectivity index (χ3v) is 2.46. The minimum Gasteiger partial charge on any atom is -0.468 e. The minimum atomic E-state index is -0.345. The average molecular weight is 320 g/mol. The normalized spacial score (nSPS) is 9.55. The van der Waals surface area contributed by atoms with E-state index in [1.54, 1.807) is 11.8 Å². The first-order valence-electron chi connectivity index (χ1n) is 7.16. The summed E-state index contributed by atoms with van der Waals surface area (Å²) >= 11 is 0. The monoisotopic (exact) mass is 320 g/mol. The Morgan fingerprint density at radius 3 is 1.73 bits per heavy atom. The fraction of sp³-hybridized carbons (Fsp3) is 0.786. The van der Waals surface area contributed by atoms with Crippen LogP contribution in [0.1, 0.15) is 26.7 Å². The lowest BCUT2D eigenvalue weighted by Gasteiger charge is -2.18. The second kappa shape index (κ2) is 15.7. The number of rotatable bonds is 9. The molecule has 0 aromatic rings. The summed E-state index contributed by atoms with van der Waals surface area (Å²) in [5.41, 5.74) is 4.88. The topological polar surface area (TPSA) is 108 Å². The van der Waals surface area contributed by atoms with Gasteiger partial charge in [0, 0.05) is 0 Å². The van der Waals surface area contributed by atoms with E-state index in [0.717, 1.165) is 12.8 Å². The van der Waals surface area contributed by atoms with Crippen LogP contribution in [-0.4, -0.2) is 69.8 Å². The molecule has 22 heavy (non-hydrogen) atoms. The minimum absolute atomic E-state index is 0.0200. The quantitative estimate of drug-likeness (QED) is 0.465. The van der Waals surface area contributed by atoms with Gasteiger partial charge in [0.05, 0.1) is 40.5 Å². The lowest BCUT2D eigenvalue weighted by atomic mass is 10.3. The van der Waals surface area contributed by atoms with E-state index < -0.39 is 0 Å². The van der Waals surface area contributed by atoms with Crippen molar-refractivity contribution in [1.29, 1.82) is 0 Å². The fourth-order valence-electron chi connectivity index (χ4n) is 1.31. The summed E-state index contributed by atoms with van der Waals surface area (Å²) in [5, 5.41) is 0. The maximum absolute atomic E-state index is 11.0. The molecular formula is C14H28N2O6. The summed E-state index contributed by atoms with van der Waals surface area (Å²) in [6, 6.07) is 0. The van der Waals surface area contributed by atoms with Gasteiger partial charge in [-0.2, -0.15) is 0 Å². The van der Waals surface area contributed by atoms with Crippen LogP contribution in [0.2, 0.25) is 0 Å². The van der Waals surface area contributed by atoms with Gasteiger partial charge in [0.25, 0.3) is 0 Å². The summed E-state index contributed by atoms with van der Waals surface area (Å²) in [6.07, 6.45) is 1.95. The molecule has 130 valence electrons. The molecule has 0 spiro atoms. The fourth-order valence-corrected chi connectivity index (χ4v) is 1.31. The Bertz CT molecular complexity index is 304. The summed E-state index contributed by atoms with van der Waals surface area (Å²) in [4.78, 5) is 33.9. The van der Waals surface area contributed by atoms with Gasteiger partial charge in [0.1, 0.15) is 0 Å². The van der Waals surface area contributed by atoms with Crippen molar-refractivity contribution in [2.24, 2.45) is 5.73 Å². The van der Waals surface area contributed by atoms with Crippen LogP contribution in [0.5, 0.6) is 0 Å². The van der Waals surface area contributed by atoms with Gasteiger partial charge in [-0.3, -0.25) is 19.3 Å². The van der Waals surface area contributed by atoms with E-state index in [1.807, 2.05) is 0 Å². The molecule has 0 saturated carbocycles. The molecule has 0 heterocycles. The number of unbranched alkanes of at least 4 members (excludes halogenated alkanes) is 1. The van der Waals surface area contributed by atoms with E-state index >= 15 is 0 Å². The maximum atomic E-state index is 11.0. The maximum Gasteiger partial charge on any atom is 0.319 e. The number of esters is 3. The molecule has 0 fully saturated rings. The number of carbonyl (C=O) groups is 3. The third kappa shape index (κ3) is 14.7. The van der Waals surface area contributed by atoms with Gasteiger partial charge in [-0.1, -0.05) is 13.3 Å². The van der Waals surface area contributed by atoms with E-state index in [4.69, 9.17) is 5.73 Å². The average Bonchev–Trinajstić information content (AvgIpc) is 2.52. The van der Waals surface area contributed by atoms with Gasteiger partial charge >= 0.3 is 17.9 Å². The molecule has 0 atom stereocenters. The summed E-state index contributed by atoms with van der Waals surface area (Å²) < 4.78 is 13.5. The zero-order valence-corrected chi connectivity index (χ0v) is 13.9. The van der Waals surface area contributed by atoms with E-state index in [2.05, 4.69) is 21.1 Å². The van der Waals surface area contributed by atoms with Crippen LogP contribution in [-0.2, 0) is 28.6 Å². The van der Waals surface area contributed by atoms with Gasteiger partial charge in [-0.05, 0) is 19.9 Å². The molecule has 0 aliphatic carbocycles. The largest absolute Gasteiger partial charge is 0.468 e. The molecule has 2 N–H and O–H groups in total. The molecule has 0 unspecified atom stereocenters. The molecular weight excluding hydrogens is 292 g/mol. The summed E-state index contributed by atoms with van der Waals surface area (Å²) in [7, 11) is 2.66. The first kappa shape index (κ1) is 22.6. The second-order valence-corrected chi connectivity index (χ2v) is 4.23. The Hall–Kier alpha value is -1.67. The number of methoxy groups -OCH3 is 2. The Balaban J connectivity index is 0. The summed E-state index contributed by atoms with van der Waals surface area (Å²) in [5.74, 6) is -1.02. The molecule has 0 bridgehead atoms. The van der Waals surface area contributed by atoms with Crippen LogP contribution in [0.25, 0.3) is 0 Å². The molecule has 0 aliphatic rings. The molecule has 0 rings (SSSR count). The van der Waals surface area contributed by atoms with Gasteiger partial charge < -0.3 is 19.9 Å². The van der Waals surface area contributed by atoms with Gasteiger partial charge in [0.2, 0.25) is 0 Å². The van der Waals surface area contributed by atoms with Crippen molar-refractivity contribution in [3.8, 4) is 0 Å². The van der Waals surface area contributed by atoms with Crippen molar-refractivity contribution in [3.05, 3.63) is 0 Å². The van der Waals surface area contributed by atoms with Gasteiger partial charge in [-0.25, -0.2) is 0 Å². The highest BCUT2D eigenvalue weighted by Gasteiger charge is 2.14. The zero-order chi connectivity index (χ0) is 17.4. The highest BCUT2D eigenvalue weighted by atomic mass is 16.5. The molecule has 0 radical (unpaired) electrons. The molecule has 0 amide bonds. The van der Waals surface area contributed by atoms with Crippen molar-refractivity contribution >= 4 is 17.9 Å². The lowest BCUT2D eigenvalue weighted by molar-refractivity contribution is -0.146. The first-order valence-corrected chi connectivity index (χ1v) is 7.16. The van der Waals surface area contributed by atoms with E-state index in [1.165, 1.54) is 14.2 Å². The highest BCUT2D eigenvalue weighted by Crippen LogP contribution is 1.96. The van der Waals surface area contributed by atoms with E-state index in [-0.39, 0.29) is 37.5 Å². The molecule has 0 aromatic heterocycles. The van der Waals surface area contributed by atoms with Crippen molar-refractivity contribution in [2.45, 2.75) is 26.7 Å². The molecule has 0 saturated heterocycles. The van der Waals surface area contributed by atoms with Gasteiger partial charge in [-0.15, -0.1) is 0 Å². The zero-order valence-electron chi connectivity index (χ0n) is 13.9. The predicted octanol–water partition coefficient (Wildman–Crippen LogP) is -0.0573. The van der Waals surface area contributed by atoms with Crippen LogP contribution in [0, 0.1) is 0 Å². The predicted molar refractivity (Wildman–Crippen MR) is 81.1 cm³/mol. The van der Waals surface area contributed by atoms with Crippen LogP contribution in [0.15, 0.2) is 0 Å². The Kier molecular flexibility index (Phi) is 16.1. The van der Waals surface area contributed by atoms with Crippen molar-refractivity contribution in [1.82, 2.24) is 4.90 Å². The standard InChI is InChI=1S/C10H19NO4.C4H9NO2/c1-4-5-6-11(7-9(12)14-2)8-10(13)15-3;1-2-7-4(6)3-5/h4-8H2,1-3H3;2-3,5H2,1H3. The smallest absolute Gasteiger partial charge is 0.319 e. The van der Waals surface area contributed by atoms with Crippen LogP contribution in [0.4, 0.5) is 0 Å². The second-order valence-electron chi connectivity index (χ2n) is 4.23. The Morgan fingerprint density at radius 2 is 1.45 bits per heavy atom. The van der Waals surface area contributed by atoms with E-state index in [0.29, 0.717) is 13.2 Å². The molecule has 8 nitrogen and oxygen atoms in total. The van der Waals surface area contributed by atoms with Crippen LogP contribution >= 0.6 is 0 Å². The third-order valence-electron chi connectivity index (χ3n) is 2.46. The Morgan fingerprint density at radius 1 is 0.955 bits per heavy atom. The van der Waals surface area contributed by atoms with Crippen molar-refractivity contribution in [3.63, 3.8) is 0 Å². The molecule has 0 aromatic carbocycles. The number of ether oxygens (including phenoxy) is 3. The van der Waals surface area contributed by atoms with Crippen LogP contribution in [0.3, 0.4) is 0 Å². The van der Waals surface area contributed by atoms with Crippen molar-refractivity contribution in [2.75, 3.05) is 47.0 Å². The van der Waals surface area contributed by atoms with E-state index in [9.17, 15) is 14.4 Å². The SMILES string of the molecule is CCCCN(CC(=O)OC)CC(=O)OC.CCOC(=O)CN. The number of hydrogen-bond acceptors (Lipinski definition) is 8. The number of nitrogens with two attached hydrogens (primary N) is 1. The molecule has 0 aliphatic heterocycles. The first-order chi connectivity index (χ1) is 10.4. The Labute approximate surface area is 131 Å². The molecule has 8 heteroatoms.